The third-order valence-corrected chi connectivity index (χ3v) is 3.47. The van der Waals surface area contributed by atoms with Gasteiger partial charge in [-0.3, -0.25) is 0 Å². The second-order valence-electron chi connectivity index (χ2n) is 4.21. The Bertz CT molecular complexity index is 548. The number of aromatic nitrogens is 2. The third kappa shape index (κ3) is 4.05. The minimum absolute atomic E-state index is 0.217. The number of halogens is 1. The molecule has 0 fully saturated rings. The van der Waals surface area contributed by atoms with Gasteiger partial charge in [0.1, 0.15) is 17.9 Å². The fraction of sp³-hybridized carbons (Fsp3) is 0.286. The summed E-state index contributed by atoms with van der Waals surface area (Å²) in [4.78, 5) is 8.18. The second-order valence-corrected chi connectivity index (χ2v) is 5.37. The van der Waals surface area contributed by atoms with Crippen LogP contribution >= 0.6 is 22.6 Å². The van der Waals surface area contributed by atoms with Gasteiger partial charge in [-0.1, -0.05) is 13.0 Å². The number of hydrogen-bond acceptors (Lipinski definition) is 4. The quantitative estimate of drug-likeness (QED) is 0.810. The van der Waals surface area contributed by atoms with Crippen LogP contribution in [0.5, 0.6) is 5.75 Å². The van der Waals surface area contributed by atoms with Crippen molar-refractivity contribution in [2.45, 2.75) is 26.4 Å². The predicted octanol–water partition coefficient (Wildman–Crippen LogP) is 4.00. The lowest BCUT2D eigenvalue weighted by Gasteiger charge is -2.14. The molecule has 4 nitrogen and oxygen atoms in total. The van der Waals surface area contributed by atoms with Gasteiger partial charge in [0, 0.05) is 18.0 Å². The highest BCUT2D eigenvalue weighted by Gasteiger charge is 2.04. The molecule has 5 heteroatoms. The number of nitrogens with one attached hydrogen (secondary N) is 1. The number of ether oxygens (including phenoxy) is 1. The maximum Gasteiger partial charge on any atom is 0.147 e. The maximum atomic E-state index is 5.80. The standard InChI is InChI=1S/C14H16IN3O/c1-3-10(2)19-12-6-4-5-11(7-12)18-14-13(15)8-16-9-17-14/h4-10H,3H2,1-2H3,(H,16,17,18). The third-order valence-electron chi connectivity index (χ3n) is 2.68. The SMILES string of the molecule is CCC(C)Oc1cccc(Nc2ncncc2I)c1. The van der Waals surface area contributed by atoms with E-state index in [0.29, 0.717) is 0 Å². The highest BCUT2D eigenvalue weighted by atomic mass is 127. The molecule has 0 saturated carbocycles. The van der Waals surface area contributed by atoms with Crippen molar-refractivity contribution in [1.29, 1.82) is 0 Å². The summed E-state index contributed by atoms with van der Waals surface area (Å²) in [5, 5.41) is 3.27. The monoisotopic (exact) mass is 369 g/mol. The van der Waals surface area contributed by atoms with Crippen LogP contribution in [0.2, 0.25) is 0 Å². The lowest BCUT2D eigenvalue weighted by atomic mass is 10.2. The molecule has 0 spiro atoms. The molecule has 1 heterocycles. The van der Waals surface area contributed by atoms with Crippen molar-refractivity contribution >= 4 is 34.1 Å². The van der Waals surface area contributed by atoms with Crippen molar-refractivity contribution in [2.24, 2.45) is 0 Å². The molecule has 0 aliphatic carbocycles. The minimum Gasteiger partial charge on any atom is -0.491 e. The highest BCUT2D eigenvalue weighted by Crippen LogP contribution is 2.23. The first-order chi connectivity index (χ1) is 9.19. The lowest BCUT2D eigenvalue weighted by molar-refractivity contribution is 0.217. The summed E-state index contributed by atoms with van der Waals surface area (Å²) >= 11 is 2.20. The first-order valence-electron chi connectivity index (χ1n) is 6.18. The molecular formula is C14H16IN3O. The topological polar surface area (TPSA) is 47.0 Å². The van der Waals surface area contributed by atoms with Crippen molar-refractivity contribution in [3.63, 3.8) is 0 Å². The van der Waals surface area contributed by atoms with Gasteiger partial charge < -0.3 is 10.1 Å². The van der Waals surface area contributed by atoms with Gasteiger partial charge in [-0.2, -0.15) is 0 Å². The average molecular weight is 369 g/mol. The maximum absolute atomic E-state index is 5.80. The van der Waals surface area contributed by atoms with Crippen LogP contribution in [0.4, 0.5) is 11.5 Å². The molecule has 0 aliphatic rings. The Labute approximate surface area is 126 Å². The molecule has 0 amide bonds. The van der Waals surface area contributed by atoms with Gasteiger partial charge in [0.15, 0.2) is 0 Å². The summed E-state index contributed by atoms with van der Waals surface area (Å²) in [6.45, 7) is 4.17. The summed E-state index contributed by atoms with van der Waals surface area (Å²) in [5.41, 5.74) is 0.956. The van der Waals surface area contributed by atoms with Crippen molar-refractivity contribution in [3.05, 3.63) is 40.4 Å². The smallest absolute Gasteiger partial charge is 0.147 e. The van der Waals surface area contributed by atoms with Crippen molar-refractivity contribution in [2.75, 3.05) is 5.32 Å². The van der Waals surface area contributed by atoms with E-state index in [2.05, 4.69) is 51.7 Å². The largest absolute Gasteiger partial charge is 0.491 e. The molecule has 2 rings (SSSR count). The summed E-state index contributed by atoms with van der Waals surface area (Å²) < 4.78 is 6.78. The highest BCUT2D eigenvalue weighted by molar-refractivity contribution is 14.1. The molecule has 0 saturated heterocycles. The van der Waals surface area contributed by atoms with E-state index in [1.807, 2.05) is 24.3 Å². The Morgan fingerprint density at radius 3 is 3.00 bits per heavy atom. The van der Waals surface area contributed by atoms with Gasteiger partial charge in [0.25, 0.3) is 0 Å². The Balaban J connectivity index is 2.13. The Hall–Kier alpha value is -1.37. The molecule has 0 aliphatic heterocycles. The van der Waals surface area contributed by atoms with Crippen LogP contribution in [0.25, 0.3) is 0 Å². The first kappa shape index (κ1) is 14.0. The summed E-state index contributed by atoms with van der Waals surface area (Å²) in [6, 6.07) is 7.89. The van der Waals surface area contributed by atoms with E-state index in [1.54, 1.807) is 6.20 Å². The summed E-state index contributed by atoms with van der Waals surface area (Å²) in [7, 11) is 0. The molecule has 1 N–H and O–H groups in total. The zero-order chi connectivity index (χ0) is 13.7. The number of nitrogens with zero attached hydrogens (tertiary/aromatic N) is 2. The van der Waals surface area contributed by atoms with Gasteiger partial charge in [-0.25, -0.2) is 9.97 Å². The number of benzene rings is 1. The summed E-state index contributed by atoms with van der Waals surface area (Å²) in [6.07, 6.45) is 4.51. The van der Waals surface area contributed by atoms with Gasteiger partial charge >= 0.3 is 0 Å². The zero-order valence-electron chi connectivity index (χ0n) is 10.9. The van der Waals surface area contributed by atoms with E-state index in [0.717, 1.165) is 27.2 Å². The van der Waals surface area contributed by atoms with E-state index < -0.39 is 0 Å². The number of rotatable bonds is 5. The molecule has 1 aromatic carbocycles. The van der Waals surface area contributed by atoms with E-state index >= 15 is 0 Å². The predicted molar refractivity (Wildman–Crippen MR) is 84.9 cm³/mol. The van der Waals surface area contributed by atoms with Crippen molar-refractivity contribution < 1.29 is 4.74 Å². The molecule has 1 atom stereocenters. The average Bonchev–Trinajstić information content (AvgIpc) is 2.42. The normalized spacial score (nSPS) is 11.9. The molecule has 0 bridgehead atoms. The Morgan fingerprint density at radius 2 is 2.26 bits per heavy atom. The van der Waals surface area contributed by atoms with E-state index in [4.69, 9.17) is 4.74 Å². The van der Waals surface area contributed by atoms with Crippen molar-refractivity contribution in [3.8, 4) is 5.75 Å². The van der Waals surface area contributed by atoms with Crippen LogP contribution in [-0.4, -0.2) is 16.1 Å². The van der Waals surface area contributed by atoms with Gasteiger partial charge in [0.2, 0.25) is 0 Å². The number of anilines is 2. The number of hydrogen-bond donors (Lipinski definition) is 1. The Kier molecular flexibility index (Phi) is 4.95. The fourth-order valence-electron chi connectivity index (χ4n) is 1.50. The van der Waals surface area contributed by atoms with Crippen LogP contribution < -0.4 is 10.1 Å². The van der Waals surface area contributed by atoms with Crippen molar-refractivity contribution in [1.82, 2.24) is 9.97 Å². The Morgan fingerprint density at radius 1 is 1.42 bits per heavy atom. The van der Waals surface area contributed by atoms with Crippen LogP contribution in [0.3, 0.4) is 0 Å². The summed E-state index contributed by atoms with van der Waals surface area (Å²) in [5.74, 6) is 1.67. The van der Waals surface area contributed by atoms with E-state index in [9.17, 15) is 0 Å². The zero-order valence-corrected chi connectivity index (χ0v) is 13.1. The molecule has 0 radical (unpaired) electrons. The van der Waals surface area contributed by atoms with Gasteiger partial charge in [-0.05, 0) is 48.1 Å². The van der Waals surface area contributed by atoms with E-state index in [-0.39, 0.29) is 6.10 Å². The first-order valence-corrected chi connectivity index (χ1v) is 7.26. The van der Waals surface area contributed by atoms with Crippen LogP contribution in [0.1, 0.15) is 20.3 Å². The molecule has 19 heavy (non-hydrogen) atoms. The van der Waals surface area contributed by atoms with Crippen LogP contribution in [-0.2, 0) is 0 Å². The molecular weight excluding hydrogens is 353 g/mol. The van der Waals surface area contributed by atoms with Crippen LogP contribution in [0.15, 0.2) is 36.8 Å². The van der Waals surface area contributed by atoms with E-state index in [1.165, 1.54) is 6.33 Å². The molecule has 100 valence electrons. The minimum atomic E-state index is 0.217. The lowest BCUT2D eigenvalue weighted by Crippen LogP contribution is -2.09. The molecule has 1 aromatic heterocycles. The van der Waals surface area contributed by atoms with Gasteiger partial charge in [0.05, 0.1) is 9.67 Å². The van der Waals surface area contributed by atoms with Crippen LogP contribution in [0, 0.1) is 3.57 Å². The molecule has 2 aromatic rings. The second kappa shape index (κ2) is 6.70. The van der Waals surface area contributed by atoms with Gasteiger partial charge in [-0.15, -0.1) is 0 Å². The molecule has 1 unspecified atom stereocenters. The fourth-order valence-corrected chi connectivity index (χ4v) is 1.94.